The normalized spacial score (nSPS) is 10.3. The van der Waals surface area contributed by atoms with Crippen molar-refractivity contribution >= 4 is 11.9 Å². The number of esters is 2. The second-order valence-corrected chi connectivity index (χ2v) is 3.98. The van der Waals surface area contributed by atoms with E-state index >= 15 is 0 Å². The first-order valence-electron chi connectivity index (χ1n) is 6.68. The number of aromatic amines is 1. The third-order valence-electron chi connectivity index (χ3n) is 2.88. The Balaban J connectivity index is 3.26. The molecule has 0 saturated carbocycles. The fourth-order valence-electron chi connectivity index (χ4n) is 2.11. The highest BCUT2D eigenvalue weighted by molar-refractivity contribution is 5.96. The first-order valence-corrected chi connectivity index (χ1v) is 6.68. The standard InChI is InChI=1S/C14H21NO4/c1-5-9-10(6-2)12(14(17)19-8-4)15-11(9)13(16)18-7-3/h15H,5-8H2,1-4H3. The number of hydrogen-bond donors (Lipinski definition) is 1. The van der Waals surface area contributed by atoms with Gasteiger partial charge >= 0.3 is 11.9 Å². The van der Waals surface area contributed by atoms with Gasteiger partial charge in [-0.1, -0.05) is 13.8 Å². The molecule has 106 valence electrons. The summed E-state index contributed by atoms with van der Waals surface area (Å²) in [6.45, 7) is 7.99. The van der Waals surface area contributed by atoms with Crippen molar-refractivity contribution in [1.82, 2.24) is 4.98 Å². The molecule has 1 heterocycles. The van der Waals surface area contributed by atoms with Crippen LogP contribution in [-0.2, 0) is 22.3 Å². The number of hydrogen-bond acceptors (Lipinski definition) is 4. The Bertz CT molecular complexity index is 422. The van der Waals surface area contributed by atoms with E-state index < -0.39 is 11.9 Å². The van der Waals surface area contributed by atoms with E-state index in [4.69, 9.17) is 9.47 Å². The van der Waals surface area contributed by atoms with Crippen LogP contribution in [0.3, 0.4) is 0 Å². The molecule has 0 bridgehead atoms. The Hall–Kier alpha value is -1.78. The fraction of sp³-hybridized carbons (Fsp3) is 0.571. The van der Waals surface area contributed by atoms with E-state index in [-0.39, 0.29) is 0 Å². The first-order chi connectivity index (χ1) is 9.10. The summed E-state index contributed by atoms with van der Waals surface area (Å²) >= 11 is 0. The second-order valence-electron chi connectivity index (χ2n) is 3.98. The van der Waals surface area contributed by atoms with Gasteiger partial charge in [-0.05, 0) is 37.8 Å². The van der Waals surface area contributed by atoms with E-state index in [0.29, 0.717) is 37.4 Å². The summed E-state index contributed by atoms with van der Waals surface area (Å²) in [6, 6.07) is 0. The molecule has 0 spiro atoms. The van der Waals surface area contributed by atoms with Gasteiger partial charge in [0.1, 0.15) is 11.4 Å². The maximum Gasteiger partial charge on any atom is 0.355 e. The van der Waals surface area contributed by atoms with Crippen molar-refractivity contribution in [2.45, 2.75) is 40.5 Å². The minimum atomic E-state index is -0.426. The zero-order chi connectivity index (χ0) is 14.4. The van der Waals surface area contributed by atoms with E-state index in [1.807, 2.05) is 13.8 Å². The number of carbonyl (C=O) groups is 2. The summed E-state index contributed by atoms with van der Waals surface area (Å²) in [4.78, 5) is 26.6. The van der Waals surface area contributed by atoms with Crippen molar-refractivity contribution < 1.29 is 19.1 Å². The Morgan fingerprint density at radius 2 is 1.21 bits per heavy atom. The van der Waals surface area contributed by atoms with Crippen LogP contribution in [0.1, 0.15) is 59.8 Å². The van der Waals surface area contributed by atoms with Gasteiger partial charge in [-0.3, -0.25) is 0 Å². The predicted molar refractivity (Wildman–Crippen MR) is 71.5 cm³/mol. The van der Waals surface area contributed by atoms with Crippen molar-refractivity contribution in [3.63, 3.8) is 0 Å². The molecule has 1 rings (SSSR count). The van der Waals surface area contributed by atoms with E-state index in [1.54, 1.807) is 13.8 Å². The summed E-state index contributed by atoms with van der Waals surface area (Å²) in [7, 11) is 0. The monoisotopic (exact) mass is 267 g/mol. The van der Waals surface area contributed by atoms with E-state index in [0.717, 1.165) is 11.1 Å². The zero-order valence-electron chi connectivity index (χ0n) is 12.0. The summed E-state index contributed by atoms with van der Waals surface area (Å²) in [6.07, 6.45) is 1.32. The molecule has 0 fully saturated rings. The topological polar surface area (TPSA) is 68.4 Å². The predicted octanol–water partition coefficient (Wildman–Crippen LogP) is 2.49. The van der Waals surface area contributed by atoms with Crippen LogP contribution in [0.15, 0.2) is 0 Å². The molecule has 0 aliphatic rings. The Morgan fingerprint density at radius 1 is 0.842 bits per heavy atom. The highest BCUT2D eigenvalue weighted by atomic mass is 16.5. The van der Waals surface area contributed by atoms with Gasteiger partial charge in [0.25, 0.3) is 0 Å². The molecule has 0 unspecified atom stereocenters. The molecule has 5 heteroatoms. The molecule has 1 aromatic rings. The average molecular weight is 267 g/mol. The quantitative estimate of drug-likeness (QED) is 0.804. The maximum atomic E-state index is 11.9. The maximum absolute atomic E-state index is 11.9. The van der Waals surface area contributed by atoms with Gasteiger partial charge in [0, 0.05) is 0 Å². The first kappa shape index (κ1) is 15.3. The molecular weight excluding hydrogens is 246 g/mol. The Morgan fingerprint density at radius 3 is 1.47 bits per heavy atom. The van der Waals surface area contributed by atoms with Crippen LogP contribution in [0.2, 0.25) is 0 Å². The molecule has 0 aromatic carbocycles. The number of rotatable bonds is 6. The van der Waals surface area contributed by atoms with Crippen molar-refractivity contribution in [2.75, 3.05) is 13.2 Å². The van der Waals surface area contributed by atoms with Crippen LogP contribution >= 0.6 is 0 Å². The lowest BCUT2D eigenvalue weighted by Gasteiger charge is -2.03. The van der Waals surface area contributed by atoms with Gasteiger partial charge in [0.05, 0.1) is 13.2 Å². The fourth-order valence-corrected chi connectivity index (χ4v) is 2.11. The Kier molecular flexibility index (Phi) is 5.60. The molecule has 0 saturated heterocycles. The van der Waals surface area contributed by atoms with E-state index in [1.165, 1.54) is 0 Å². The SMILES string of the molecule is CCOC(=O)c1[nH]c(C(=O)OCC)c(CC)c1CC. The van der Waals surface area contributed by atoms with Gasteiger partial charge in [-0.25, -0.2) is 9.59 Å². The molecule has 1 aromatic heterocycles. The van der Waals surface area contributed by atoms with Crippen LogP contribution in [0.4, 0.5) is 0 Å². The summed E-state index contributed by atoms with van der Waals surface area (Å²) in [5.74, 6) is -0.853. The van der Waals surface area contributed by atoms with Crippen molar-refractivity contribution in [1.29, 1.82) is 0 Å². The van der Waals surface area contributed by atoms with Gasteiger partial charge < -0.3 is 14.5 Å². The van der Waals surface area contributed by atoms with Crippen molar-refractivity contribution in [2.24, 2.45) is 0 Å². The third kappa shape index (κ3) is 3.16. The van der Waals surface area contributed by atoms with Gasteiger partial charge in [-0.15, -0.1) is 0 Å². The number of aromatic nitrogens is 1. The molecule has 1 N–H and O–H groups in total. The van der Waals surface area contributed by atoms with Gasteiger partial charge in [0.2, 0.25) is 0 Å². The summed E-state index contributed by atoms with van der Waals surface area (Å²) in [5.41, 5.74) is 2.40. The minimum absolute atomic E-state index is 0.303. The van der Waals surface area contributed by atoms with Crippen LogP contribution in [0.25, 0.3) is 0 Å². The highest BCUT2D eigenvalue weighted by Crippen LogP contribution is 2.22. The third-order valence-corrected chi connectivity index (χ3v) is 2.88. The number of H-pyrrole nitrogens is 1. The molecular formula is C14H21NO4. The molecule has 0 radical (unpaired) electrons. The second kappa shape index (κ2) is 6.97. The molecule has 19 heavy (non-hydrogen) atoms. The van der Waals surface area contributed by atoms with E-state index in [2.05, 4.69) is 4.98 Å². The molecule has 0 atom stereocenters. The smallest absolute Gasteiger partial charge is 0.355 e. The number of carbonyl (C=O) groups excluding carboxylic acids is 2. The minimum Gasteiger partial charge on any atom is -0.461 e. The van der Waals surface area contributed by atoms with E-state index in [9.17, 15) is 9.59 Å². The van der Waals surface area contributed by atoms with Crippen LogP contribution in [-0.4, -0.2) is 30.1 Å². The average Bonchev–Trinajstić information content (AvgIpc) is 2.77. The highest BCUT2D eigenvalue weighted by Gasteiger charge is 2.24. The lowest BCUT2D eigenvalue weighted by Crippen LogP contribution is -2.09. The molecule has 0 aliphatic carbocycles. The van der Waals surface area contributed by atoms with Gasteiger partial charge in [-0.2, -0.15) is 0 Å². The number of ether oxygens (including phenoxy) is 2. The molecule has 0 aliphatic heterocycles. The van der Waals surface area contributed by atoms with Crippen LogP contribution < -0.4 is 0 Å². The van der Waals surface area contributed by atoms with Crippen molar-refractivity contribution in [3.8, 4) is 0 Å². The van der Waals surface area contributed by atoms with Crippen LogP contribution in [0, 0.1) is 0 Å². The summed E-state index contributed by atoms with van der Waals surface area (Å²) < 4.78 is 10.0. The largest absolute Gasteiger partial charge is 0.461 e. The Labute approximate surface area is 113 Å². The summed E-state index contributed by atoms with van der Waals surface area (Å²) in [5, 5.41) is 0. The van der Waals surface area contributed by atoms with Gasteiger partial charge in [0.15, 0.2) is 0 Å². The lowest BCUT2D eigenvalue weighted by molar-refractivity contribution is 0.0515. The molecule has 5 nitrogen and oxygen atoms in total. The zero-order valence-corrected chi connectivity index (χ0v) is 12.0. The molecule has 0 amide bonds. The van der Waals surface area contributed by atoms with Crippen molar-refractivity contribution in [3.05, 3.63) is 22.5 Å². The lowest BCUT2D eigenvalue weighted by atomic mass is 10.0. The van der Waals surface area contributed by atoms with Crippen LogP contribution in [0.5, 0.6) is 0 Å². The number of nitrogens with one attached hydrogen (secondary N) is 1.